The summed E-state index contributed by atoms with van der Waals surface area (Å²) in [5.74, 6) is 6.47. The molecule has 0 unspecified atom stereocenters. The minimum Gasteiger partial charge on any atom is -0.497 e. The van der Waals surface area contributed by atoms with Crippen molar-refractivity contribution >= 4 is 0 Å². The van der Waals surface area contributed by atoms with Crippen molar-refractivity contribution in [3.63, 3.8) is 0 Å². The highest BCUT2D eigenvalue weighted by atomic mass is 19.1. The Kier molecular flexibility index (Phi) is 5.19. The van der Waals surface area contributed by atoms with Crippen LogP contribution in [0.3, 0.4) is 0 Å². The van der Waals surface area contributed by atoms with E-state index >= 15 is 0 Å². The first kappa shape index (κ1) is 14.9. The van der Waals surface area contributed by atoms with E-state index in [0.717, 1.165) is 17.1 Å². The lowest BCUT2D eigenvalue weighted by Crippen LogP contribution is -1.98. The van der Waals surface area contributed by atoms with Crippen LogP contribution in [0, 0.1) is 17.7 Å². The van der Waals surface area contributed by atoms with Crippen molar-refractivity contribution in [3.8, 4) is 23.3 Å². The molecule has 0 aliphatic carbocycles. The van der Waals surface area contributed by atoms with Crippen LogP contribution in [0.15, 0.2) is 42.5 Å². The van der Waals surface area contributed by atoms with Crippen molar-refractivity contribution in [2.24, 2.45) is 5.73 Å². The molecule has 0 spiro atoms. The van der Waals surface area contributed by atoms with E-state index in [1.807, 2.05) is 24.3 Å². The summed E-state index contributed by atoms with van der Waals surface area (Å²) in [6, 6.07) is 12.0. The molecule has 0 bridgehead atoms. The summed E-state index contributed by atoms with van der Waals surface area (Å²) >= 11 is 0. The first-order chi connectivity index (χ1) is 10.2. The number of methoxy groups -OCH3 is 1. The molecule has 0 aliphatic heterocycles. The van der Waals surface area contributed by atoms with Crippen molar-refractivity contribution in [1.82, 2.24) is 0 Å². The van der Waals surface area contributed by atoms with E-state index in [2.05, 4.69) is 11.8 Å². The first-order valence-corrected chi connectivity index (χ1v) is 6.47. The first-order valence-electron chi connectivity index (χ1n) is 6.47. The van der Waals surface area contributed by atoms with Gasteiger partial charge in [0.2, 0.25) is 0 Å². The molecule has 2 rings (SSSR count). The Morgan fingerprint density at radius 3 is 2.48 bits per heavy atom. The van der Waals surface area contributed by atoms with Gasteiger partial charge >= 0.3 is 0 Å². The molecule has 0 saturated carbocycles. The van der Waals surface area contributed by atoms with Gasteiger partial charge in [0.1, 0.15) is 23.9 Å². The Labute approximate surface area is 123 Å². The SMILES string of the molecule is COc1ccc(OCc2ccc(F)c(C#CCN)c2)cc1. The maximum Gasteiger partial charge on any atom is 0.138 e. The number of ether oxygens (including phenoxy) is 2. The molecule has 0 aliphatic rings. The Balaban J connectivity index is 2.05. The summed E-state index contributed by atoms with van der Waals surface area (Å²) in [4.78, 5) is 0. The number of halogens is 1. The van der Waals surface area contributed by atoms with Gasteiger partial charge < -0.3 is 15.2 Å². The average molecular weight is 285 g/mol. The van der Waals surface area contributed by atoms with E-state index in [0.29, 0.717) is 12.2 Å². The fourth-order valence-electron chi connectivity index (χ4n) is 1.74. The second-order valence-corrected chi connectivity index (χ2v) is 4.28. The molecule has 0 fully saturated rings. The number of benzene rings is 2. The lowest BCUT2D eigenvalue weighted by Gasteiger charge is -2.08. The zero-order chi connectivity index (χ0) is 15.1. The van der Waals surface area contributed by atoms with Crippen molar-refractivity contribution < 1.29 is 13.9 Å². The van der Waals surface area contributed by atoms with E-state index in [1.165, 1.54) is 6.07 Å². The molecule has 21 heavy (non-hydrogen) atoms. The van der Waals surface area contributed by atoms with Gasteiger partial charge in [-0.3, -0.25) is 0 Å². The van der Waals surface area contributed by atoms with E-state index in [-0.39, 0.29) is 12.4 Å². The van der Waals surface area contributed by atoms with Crippen LogP contribution in [0.4, 0.5) is 4.39 Å². The summed E-state index contributed by atoms with van der Waals surface area (Å²) in [5, 5.41) is 0. The van der Waals surface area contributed by atoms with Crippen molar-refractivity contribution in [3.05, 3.63) is 59.4 Å². The molecule has 0 heterocycles. The Morgan fingerprint density at radius 1 is 1.10 bits per heavy atom. The van der Waals surface area contributed by atoms with Crippen LogP contribution >= 0.6 is 0 Å². The van der Waals surface area contributed by atoms with E-state index in [4.69, 9.17) is 15.2 Å². The van der Waals surface area contributed by atoms with Crippen LogP contribution in [0.25, 0.3) is 0 Å². The lowest BCUT2D eigenvalue weighted by molar-refractivity contribution is 0.305. The lowest BCUT2D eigenvalue weighted by atomic mass is 10.1. The standard InChI is InChI=1S/C17H16FNO2/c1-20-15-5-7-16(8-6-15)21-12-13-4-9-17(18)14(11-13)3-2-10-19/h4-9,11H,10,12,19H2,1H3. The smallest absolute Gasteiger partial charge is 0.138 e. The van der Waals surface area contributed by atoms with Gasteiger partial charge in [-0.2, -0.15) is 0 Å². The van der Waals surface area contributed by atoms with Gasteiger partial charge in [0.05, 0.1) is 19.2 Å². The second-order valence-electron chi connectivity index (χ2n) is 4.28. The van der Waals surface area contributed by atoms with Gasteiger partial charge in [-0.25, -0.2) is 4.39 Å². The third kappa shape index (κ3) is 4.23. The predicted octanol–water partition coefficient (Wildman–Crippen LogP) is 2.72. The quantitative estimate of drug-likeness (QED) is 0.878. The van der Waals surface area contributed by atoms with Gasteiger partial charge in [0.15, 0.2) is 0 Å². The molecular weight excluding hydrogens is 269 g/mol. The molecule has 0 aromatic heterocycles. The molecule has 4 heteroatoms. The van der Waals surface area contributed by atoms with Gasteiger partial charge in [0.25, 0.3) is 0 Å². The second kappa shape index (κ2) is 7.32. The highest BCUT2D eigenvalue weighted by molar-refractivity contribution is 5.39. The molecule has 2 aromatic rings. The maximum absolute atomic E-state index is 13.5. The molecule has 0 atom stereocenters. The molecule has 2 aromatic carbocycles. The molecule has 108 valence electrons. The zero-order valence-corrected chi connectivity index (χ0v) is 11.7. The molecule has 0 amide bonds. The fourth-order valence-corrected chi connectivity index (χ4v) is 1.74. The predicted molar refractivity (Wildman–Crippen MR) is 79.7 cm³/mol. The van der Waals surface area contributed by atoms with Gasteiger partial charge in [-0.15, -0.1) is 0 Å². The van der Waals surface area contributed by atoms with E-state index in [1.54, 1.807) is 19.2 Å². The molecule has 0 radical (unpaired) electrons. The summed E-state index contributed by atoms with van der Waals surface area (Å²) in [6.07, 6.45) is 0. The third-order valence-electron chi connectivity index (χ3n) is 2.82. The minimum absolute atomic E-state index is 0.200. The minimum atomic E-state index is -0.357. The van der Waals surface area contributed by atoms with Gasteiger partial charge in [0, 0.05) is 0 Å². The normalized spacial score (nSPS) is 9.67. The fraction of sp³-hybridized carbons (Fsp3) is 0.176. The van der Waals surface area contributed by atoms with Crippen molar-refractivity contribution in [2.45, 2.75) is 6.61 Å². The maximum atomic E-state index is 13.5. The molecule has 3 nitrogen and oxygen atoms in total. The monoisotopic (exact) mass is 285 g/mol. The summed E-state index contributed by atoms with van der Waals surface area (Å²) in [7, 11) is 1.61. The Hall–Kier alpha value is -2.51. The summed E-state index contributed by atoms with van der Waals surface area (Å²) in [5.41, 5.74) is 6.46. The number of hydrogen-bond acceptors (Lipinski definition) is 3. The van der Waals surface area contributed by atoms with Crippen molar-refractivity contribution in [2.75, 3.05) is 13.7 Å². The summed E-state index contributed by atoms with van der Waals surface area (Å²) < 4.78 is 24.3. The number of hydrogen-bond donors (Lipinski definition) is 1. The van der Waals surface area contributed by atoms with E-state index in [9.17, 15) is 4.39 Å². The van der Waals surface area contributed by atoms with Crippen LogP contribution in [0.1, 0.15) is 11.1 Å². The Morgan fingerprint density at radius 2 is 1.81 bits per heavy atom. The van der Waals surface area contributed by atoms with Crippen LogP contribution in [0.5, 0.6) is 11.5 Å². The number of nitrogens with two attached hydrogens (primary N) is 1. The topological polar surface area (TPSA) is 44.5 Å². The molecule has 0 saturated heterocycles. The van der Waals surface area contributed by atoms with Crippen LogP contribution in [0.2, 0.25) is 0 Å². The van der Waals surface area contributed by atoms with Crippen molar-refractivity contribution in [1.29, 1.82) is 0 Å². The largest absolute Gasteiger partial charge is 0.497 e. The number of rotatable bonds is 4. The van der Waals surface area contributed by atoms with Crippen LogP contribution in [-0.2, 0) is 6.61 Å². The molecular formula is C17H16FNO2. The van der Waals surface area contributed by atoms with E-state index < -0.39 is 0 Å². The van der Waals surface area contributed by atoms with Gasteiger partial charge in [-0.1, -0.05) is 17.9 Å². The highest BCUT2D eigenvalue weighted by Crippen LogP contribution is 2.18. The third-order valence-corrected chi connectivity index (χ3v) is 2.82. The highest BCUT2D eigenvalue weighted by Gasteiger charge is 2.02. The van der Waals surface area contributed by atoms with Crippen LogP contribution < -0.4 is 15.2 Å². The van der Waals surface area contributed by atoms with Crippen LogP contribution in [-0.4, -0.2) is 13.7 Å². The average Bonchev–Trinajstić information content (AvgIpc) is 2.53. The zero-order valence-electron chi connectivity index (χ0n) is 11.7. The summed E-state index contributed by atoms with van der Waals surface area (Å²) in [6.45, 7) is 0.538. The molecule has 2 N–H and O–H groups in total. The van der Waals surface area contributed by atoms with Gasteiger partial charge in [-0.05, 0) is 42.0 Å². The Bertz CT molecular complexity index is 657.